The molecule has 0 saturated heterocycles. The highest BCUT2D eigenvalue weighted by atomic mass is 16.6. The molecule has 1 aliphatic rings. The molecule has 7 nitrogen and oxygen atoms in total. The number of ether oxygens (including phenoxy) is 2. The molecule has 0 aliphatic heterocycles. The summed E-state index contributed by atoms with van der Waals surface area (Å²) in [5.74, 6) is -0.956. The number of hydrogen-bond donors (Lipinski definition) is 1. The van der Waals surface area contributed by atoms with Crippen molar-refractivity contribution < 1.29 is 23.9 Å². The fourth-order valence-electron chi connectivity index (χ4n) is 2.82. The van der Waals surface area contributed by atoms with Gasteiger partial charge in [0.2, 0.25) is 5.91 Å². The zero-order valence-electron chi connectivity index (χ0n) is 16.5. The first-order valence-corrected chi connectivity index (χ1v) is 8.75. The van der Waals surface area contributed by atoms with Crippen molar-refractivity contribution in [2.24, 2.45) is 5.92 Å². The van der Waals surface area contributed by atoms with E-state index in [-0.39, 0.29) is 24.4 Å². The van der Waals surface area contributed by atoms with Gasteiger partial charge in [-0.2, -0.15) is 0 Å². The van der Waals surface area contributed by atoms with E-state index in [2.05, 4.69) is 5.32 Å². The summed E-state index contributed by atoms with van der Waals surface area (Å²) in [6, 6.07) is -0.275. The average molecular weight is 356 g/mol. The van der Waals surface area contributed by atoms with Crippen LogP contribution < -0.4 is 5.32 Å². The molecule has 0 unspecified atom stereocenters. The molecule has 0 aromatic heterocycles. The summed E-state index contributed by atoms with van der Waals surface area (Å²) in [6.45, 7) is 10.6. The van der Waals surface area contributed by atoms with E-state index in [1.165, 1.54) is 4.90 Å². The quantitative estimate of drug-likeness (QED) is 0.782. The van der Waals surface area contributed by atoms with Crippen LogP contribution in [0.1, 0.15) is 60.8 Å². The Kier molecular flexibility index (Phi) is 6.85. The average Bonchev–Trinajstić information content (AvgIpc) is 2.80. The Balaban J connectivity index is 2.60. The van der Waals surface area contributed by atoms with Crippen LogP contribution in [0, 0.1) is 5.92 Å². The third kappa shape index (κ3) is 7.75. The van der Waals surface area contributed by atoms with Gasteiger partial charge < -0.3 is 19.7 Å². The maximum absolute atomic E-state index is 12.6. The third-order valence-electron chi connectivity index (χ3n) is 3.70. The van der Waals surface area contributed by atoms with Crippen LogP contribution in [0.4, 0.5) is 4.79 Å². The van der Waals surface area contributed by atoms with Crippen LogP contribution in [0.5, 0.6) is 0 Å². The second-order valence-electron chi connectivity index (χ2n) is 8.57. The largest absolute Gasteiger partial charge is 0.459 e. The molecule has 1 saturated carbocycles. The van der Waals surface area contributed by atoms with E-state index in [0.29, 0.717) is 6.42 Å². The number of alkyl carbamates (subject to hydrolysis) is 1. The number of hydrogen-bond acceptors (Lipinski definition) is 5. The van der Waals surface area contributed by atoms with E-state index in [9.17, 15) is 14.4 Å². The SMILES string of the molecule is CN(CC(=O)OC(C)(C)C)C(=O)[C@@H]1CCC[C@H]1NC(=O)OC(C)(C)C. The Bertz CT molecular complexity index is 505. The van der Waals surface area contributed by atoms with Crippen molar-refractivity contribution >= 4 is 18.0 Å². The Hall–Kier alpha value is -1.79. The normalized spacial score (nSPS) is 20.8. The van der Waals surface area contributed by atoms with Gasteiger partial charge in [0.25, 0.3) is 0 Å². The number of esters is 1. The minimum absolute atomic E-state index is 0.105. The number of rotatable bonds is 4. The van der Waals surface area contributed by atoms with Crippen LogP contribution in [0.2, 0.25) is 0 Å². The summed E-state index contributed by atoms with van der Waals surface area (Å²) in [5.41, 5.74) is -1.18. The molecule has 0 heterocycles. The highest BCUT2D eigenvalue weighted by molar-refractivity contribution is 5.84. The first kappa shape index (κ1) is 21.3. The third-order valence-corrected chi connectivity index (χ3v) is 3.70. The van der Waals surface area contributed by atoms with Crippen molar-refractivity contribution in [1.82, 2.24) is 10.2 Å². The van der Waals surface area contributed by atoms with Gasteiger partial charge in [0.1, 0.15) is 17.7 Å². The molecule has 0 radical (unpaired) electrons. The van der Waals surface area contributed by atoms with Crippen molar-refractivity contribution in [3.63, 3.8) is 0 Å². The van der Waals surface area contributed by atoms with Gasteiger partial charge in [-0.15, -0.1) is 0 Å². The molecule has 144 valence electrons. The van der Waals surface area contributed by atoms with Gasteiger partial charge in [-0.25, -0.2) is 4.79 Å². The van der Waals surface area contributed by atoms with Gasteiger partial charge in [-0.05, 0) is 54.4 Å². The minimum atomic E-state index is -0.588. The minimum Gasteiger partial charge on any atom is -0.459 e. The molecule has 1 N–H and O–H groups in total. The van der Waals surface area contributed by atoms with Gasteiger partial charge in [0, 0.05) is 13.1 Å². The van der Waals surface area contributed by atoms with Crippen molar-refractivity contribution in [1.29, 1.82) is 0 Å². The van der Waals surface area contributed by atoms with Crippen molar-refractivity contribution in [2.45, 2.75) is 78.0 Å². The Morgan fingerprint density at radius 3 is 2.08 bits per heavy atom. The smallest absolute Gasteiger partial charge is 0.407 e. The number of amides is 2. The Labute approximate surface area is 150 Å². The summed E-state index contributed by atoms with van der Waals surface area (Å²) in [6.07, 6.45) is 1.72. The van der Waals surface area contributed by atoms with E-state index in [1.807, 2.05) is 0 Å². The Morgan fingerprint density at radius 2 is 1.56 bits per heavy atom. The number of nitrogens with one attached hydrogen (secondary N) is 1. The van der Waals surface area contributed by atoms with E-state index >= 15 is 0 Å². The lowest BCUT2D eigenvalue weighted by Crippen LogP contribution is -2.47. The van der Waals surface area contributed by atoms with Gasteiger partial charge in [-0.3, -0.25) is 9.59 Å². The van der Waals surface area contributed by atoms with Crippen LogP contribution in [-0.2, 0) is 19.1 Å². The van der Waals surface area contributed by atoms with Crippen LogP contribution in [0.15, 0.2) is 0 Å². The summed E-state index contributed by atoms with van der Waals surface area (Å²) in [7, 11) is 1.58. The summed E-state index contributed by atoms with van der Waals surface area (Å²) in [5, 5.41) is 2.79. The predicted octanol–water partition coefficient (Wildman–Crippen LogP) is 2.48. The standard InChI is InChI=1S/C18H32N2O5/c1-17(2,3)24-14(21)11-20(7)15(22)12-9-8-10-13(12)19-16(23)25-18(4,5)6/h12-13H,8-11H2,1-7H3,(H,19,23)/t12-,13-/m1/s1. The molecular weight excluding hydrogens is 324 g/mol. The van der Waals surface area contributed by atoms with Gasteiger partial charge in [0.15, 0.2) is 0 Å². The number of carbonyl (C=O) groups excluding carboxylic acids is 3. The molecule has 2 atom stereocenters. The van der Waals surface area contributed by atoms with E-state index in [0.717, 1.165) is 12.8 Å². The molecule has 0 aromatic rings. The number of nitrogens with zero attached hydrogens (tertiary/aromatic N) is 1. The van der Waals surface area contributed by atoms with Crippen LogP contribution in [0.25, 0.3) is 0 Å². The molecule has 0 spiro atoms. The molecule has 1 fully saturated rings. The van der Waals surface area contributed by atoms with Crippen molar-refractivity contribution in [3.8, 4) is 0 Å². The summed E-state index contributed by atoms with van der Waals surface area (Å²) in [4.78, 5) is 37.9. The monoisotopic (exact) mass is 356 g/mol. The maximum atomic E-state index is 12.6. The van der Waals surface area contributed by atoms with Gasteiger partial charge >= 0.3 is 12.1 Å². The fraction of sp³-hybridized carbons (Fsp3) is 0.833. The fourth-order valence-corrected chi connectivity index (χ4v) is 2.82. The lowest BCUT2D eigenvalue weighted by Gasteiger charge is -2.27. The first-order valence-electron chi connectivity index (χ1n) is 8.75. The lowest BCUT2D eigenvalue weighted by atomic mass is 10.0. The molecule has 1 aliphatic carbocycles. The molecule has 0 aromatic carbocycles. The predicted molar refractivity (Wildman–Crippen MR) is 94.0 cm³/mol. The number of carbonyl (C=O) groups is 3. The highest BCUT2D eigenvalue weighted by Gasteiger charge is 2.37. The zero-order valence-corrected chi connectivity index (χ0v) is 16.5. The summed E-state index contributed by atoms with van der Waals surface area (Å²) < 4.78 is 10.5. The number of likely N-dealkylation sites (N-methyl/N-ethyl adjacent to an activating group) is 1. The molecule has 25 heavy (non-hydrogen) atoms. The molecule has 1 rings (SSSR count). The van der Waals surface area contributed by atoms with Gasteiger partial charge in [0.05, 0.1) is 5.92 Å². The van der Waals surface area contributed by atoms with Crippen LogP contribution in [-0.4, -0.2) is 53.7 Å². The first-order chi connectivity index (χ1) is 11.3. The second-order valence-corrected chi connectivity index (χ2v) is 8.57. The van der Waals surface area contributed by atoms with Crippen molar-refractivity contribution in [2.75, 3.05) is 13.6 Å². The topological polar surface area (TPSA) is 84.9 Å². The van der Waals surface area contributed by atoms with Gasteiger partial charge in [-0.1, -0.05) is 6.42 Å². The second kappa shape index (κ2) is 8.06. The van der Waals surface area contributed by atoms with Crippen LogP contribution in [0.3, 0.4) is 0 Å². The molecule has 2 amide bonds. The van der Waals surface area contributed by atoms with Crippen molar-refractivity contribution in [3.05, 3.63) is 0 Å². The lowest BCUT2D eigenvalue weighted by molar-refractivity contribution is -0.159. The highest BCUT2D eigenvalue weighted by Crippen LogP contribution is 2.27. The van der Waals surface area contributed by atoms with E-state index in [4.69, 9.17) is 9.47 Å². The molecular formula is C18H32N2O5. The van der Waals surface area contributed by atoms with E-state index < -0.39 is 23.3 Å². The molecule has 0 bridgehead atoms. The van der Waals surface area contributed by atoms with E-state index in [1.54, 1.807) is 48.6 Å². The molecule has 7 heteroatoms. The van der Waals surface area contributed by atoms with Crippen LogP contribution >= 0.6 is 0 Å². The maximum Gasteiger partial charge on any atom is 0.407 e. The Morgan fingerprint density at radius 1 is 1.00 bits per heavy atom. The zero-order chi connectivity index (χ0) is 19.4. The summed E-state index contributed by atoms with van der Waals surface area (Å²) >= 11 is 0.